The molecule has 1 aromatic heterocycles. The highest BCUT2D eigenvalue weighted by atomic mass is 35.5. The summed E-state index contributed by atoms with van der Waals surface area (Å²) in [5.41, 5.74) is 9.32. The highest BCUT2D eigenvalue weighted by molar-refractivity contribution is 6.30. The minimum Gasteiger partial charge on any atom is -0.382 e. The molecule has 0 saturated heterocycles. The molecule has 0 bridgehead atoms. The van der Waals surface area contributed by atoms with Crippen molar-refractivity contribution in [1.29, 1.82) is 0 Å². The van der Waals surface area contributed by atoms with Crippen LogP contribution in [0.15, 0.2) is 59.5 Å². The zero-order valence-corrected chi connectivity index (χ0v) is 22.5. The average Bonchev–Trinajstić information content (AvgIpc) is 2.89. The van der Waals surface area contributed by atoms with Gasteiger partial charge in [-0.1, -0.05) is 17.7 Å². The Morgan fingerprint density at radius 3 is 2.53 bits per heavy atom. The van der Waals surface area contributed by atoms with Gasteiger partial charge in [0.15, 0.2) is 0 Å². The quantitative estimate of drug-likeness (QED) is 0.431. The van der Waals surface area contributed by atoms with E-state index in [1.54, 1.807) is 43.6 Å². The molecule has 3 N–H and O–H groups in total. The fraction of sp³-hybridized carbons (Fsp3) is 0.345. The van der Waals surface area contributed by atoms with Crippen molar-refractivity contribution in [3.8, 4) is 11.1 Å². The van der Waals surface area contributed by atoms with E-state index in [-0.39, 0.29) is 23.7 Å². The second kappa shape index (κ2) is 11.9. The molecular weight excluding hydrogens is 506 g/mol. The van der Waals surface area contributed by atoms with E-state index in [2.05, 4.69) is 5.32 Å². The zero-order valence-electron chi connectivity index (χ0n) is 21.7. The van der Waals surface area contributed by atoms with Gasteiger partial charge in [0, 0.05) is 41.2 Å². The Morgan fingerprint density at radius 1 is 1.13 bits per heavy atom. The van der Waals surface area contributed by atoms with Gasteiger partial charge in [-0.25, -0.2) is 0 Å². The van der Waals surface area contributed by atoms with E-state index >= 15 is 0 Å². The monoisotopic (exact) mass is 537 g/mol. The van der Waals surface area contributed by atoms with Gasteiger partial charge in [-0.2, -0.15) is 0 Å². The third kappa shape index (κ3) is 6.32. The summed E-state index contributed by atoms with van der Waals surface area (Å²) < 4.78 is 12.9. The van der Waals surface area contributed by atoms with E-state index in [0.717, 1.165) is 22.3 Å². The molecule has 2 amide bonds. The van der Waals surface area contributed by atoms with Crippen molar-refractivity contribution in [3.63, 3.8) is 0 Å². The lowest BCUT2D eigenvalue weighted by Gasteiger charge is -2.25. The predicted octanol–water partition coefficient (Wildman–Crippen LogP) is 4.72. The van der Waals surface area contributed by atoms with Gasteiger partial charge in [0.1, 0.15) is 6.04 Å². The van der Waals surface area contributed by atoms with Crippen LogP contribution >= 0.6 is 11.6 Å². The molecular formula is C29H32ClN3O5. The van der Waals surface area contributed by atoms with Gasteiger partial charge in [0.05, 0.1) is 18.8 Å². The van der Waals surface area contributed by atoms with E-state index in [1.165, 1.54) is 4.57 Å². The van der Waals surface area contributed by atoms with Gasteiger partial charge in [0.2, 0.25) is 11.8 Å². The number of hydrogen-bond donors (Lipinski definition) is 2. The Balaban J connectivity index is 1.73. The Labute approximate surface area is 226 Å². The topological polar surface area (TPSA) is 113 Å². The number of ether oxygens (including phenoxy) is 2. The Morgan fingerprint density at radius 2 is 1.84 bits per heavy atom. The molecule has 1 aliphatic rings. The minimum absolute atomic E-state index is 0.0338. The van der Waals surface area contributed by atoms with Crippen LogP contribution in [-0.2, 0) is 27.3 Å². The first-order chi connectivity index (χ1) is 18.2. The van der Waals surface area contributed by atoms with Crippen LogP contribution in [0.5, 0.6) is 0 Å². The van der Waals surface area contributed by atoms with Gasteiger partial charge in [-0.15, -0.1) is 0 Å². The maximum absolute atomic E-state index is 13.5. The van der Waals surface area contributed by atoms with Crippen LogP contribution in [0.4, 0.5) is 5.69 Å². The van der Waals surface area contributed by atoms with Crippen LogP contribution in [0, 0.1) is 0 Å². The van der Waals surface area contributed by atoms with Crippen molar-refractivity contribution >= 4 is 29.1 Å². The average molecular weight is 538 g/mol. The van der Waals surface area contributed by atoms with Gasteiger partial charge >= 0.3 is 0 Å². The number of aromatic nitrogens is 1. The fourth-order valence-electron chi connectivity index (χ4n) is 4.63. The molecule has 8 nitrogen and oxygen atoms in total. The Hall–Kier alpha value is -3.46. The van der Waals surface area contributed by atoms with Crippen molar-refractivity contribution in [3.05, 3.63) is 86.8 Å². The number of carbonyl (C=O) groups excluding carboxylic acids is 2. The highest BCUT2D eigenvalue weighted by Gasteiger charge is 2.26. The number of nitrogens with zero attached hydrogens (tertiary/aromatic N) is 1. The molecule has 0 saturated carbocycles. The summed E-state index contributed by atoms with van der Waals surface area (Å²) in [6.45, 7) is 4.21. The van der Waals surface area contributed by atoms with Gasteiger partial charge in [-0.3, -0.25) is 14.4 Å². The third-order valence-electron chi connectivity index (χ3n) is 6.88. The number of primary amides is 1. The number of nitrogens with two attached hydrogens (primary N) is 1. The number of hydrogen-bond acceptors (Lipinski definition) is 5. The number of amides is 2. The van der Waals surface area contributed by atoms with Crippen LogP contribution in [0.2, 0.25) is 5.02 Å². The largest absolute Gasteiger partial charge is 0.382 e. The molecule has 9 heteroatoms. The van der Waals surface area contributed by atoms with Gasteiger partial charge < -0.3 is 25.1 Å². The molecule has 3 atom stereocenters. The standard InChI is InChI=1S/C29H32ClN3O5/c1-17(37-3)4-11-26(29(36)32-23-9-6-19(7-10-23)28(31)35)33-15-21-16-38-18(2)12-20-5-8-22(30)13-24(20)25(21)14-27(33)34/h5-10,13-15,17-18,26H,4,11-12,16H2,1-3H3,(H2,31,35)(H,32,36)/t17-,18+,26-/m0/s1. The Kier molecular flexibility index (Phi) is 8.66. The molecule has 0 unspecified atom stereocenters. The second-order valence-electron chi connectivity index (χ2n) is 9.66. The summed E-state index contributed by atoms with van der Waals surface area (Å²) in [7, 11) is 1.61. The first-order valence-electron chi connectivity index (χ1n) is 12.5. The molecule has 4 rings (SSSR count). The van der Waals surface area contributed by atoms with E-state index in [1.807, 2.05) is 32.0 Å². The summed E-state index contributed by atoms with van der Waals surface area (Å²) in [4.78, 5) is 38.4. The summed E-state index contributed by atoms with van der Waals surface area (Å²) >= 11 is 6.32. The maximum atomic E-state index is 13.5. The number of benzene rings is 2. The zero-order chi connectivity index (χ0) is 27.4. The van der Waals surface area contributed by atoms with E-state index in [9.17, 15) is 14.4 Å². The van der Waals surface area contributed by atoms with Gasteiger partial charge in [0.25, 0.3) is 5.56 Å². The number of pyridine rings is 1. The Bertz CT molecular complexity index is 1390. The molecule has 2 aromatic carbocycles. The number of halogens is 1. The van der Waals surface area contributed by atoms with Crippen LogP contribution in [0.25, 0.3) is 11.1 Å². The molecule has 0 radical (unpaired) electrons. The minimum atomic E-state index is -0.803. The SMILES string of the molecule is CO[C@@H](C)CC[C@@H](C(=O)Nc1ccc(C(N)=O)cc1)n1cc2c(cc1=O)-c1cc(Cl)ccc1C[C@@H](C)OC2. The number of nitrogens with one attached hydrogen (secondary N) is 1. The third-order valence-corrected chi connectivity index (χ3v) is 7.12. The maximum Gasteiger partial charge on any atom is 0.251 e. The smallest absolute Gasteiger partial charge is 0.251 e. The summed E-state index contributed by atoms with van der Waals surface area (Å²) in [6, 6.07) is 12.7. The van der Waals surface area contributed by atoms with Crippen molar-refractivity contribution in [2.45, 2.75) is 58.0 Å². The van der Waals surface area contributed by atoms with Crippen LogP contribution in [0.3, 0.4) is 0 Å². The van der Waals surface area contributed by atoms with E-state index < -0.39 is 11.9 Å². The number of methoxy groups -OCH3 is 1. The second-order valence-corrected chi connectivity index (χ2v) is 10.1. The molecule has 0 aliphatic carbocycles. The number of rotatable bonds is 8. The normalized spacial score (nSPS) is 16.4. The highest BCUT2D eigenvalue weighted by Crippen LogP contribution is 2.33. The van der Waals surface area contributed by atoms with Gasteiger partial charge in [-0.05, 0) is 86.2 Å². The molecule has 3 aromatic rings. The van der Waals surface area contributed by atoms with E-state index in [4.69, 9.17) is 26.8 Å². The lowest BCUT2D eigenvalue weighted by molar-refractivity contribution is -0.119. The molecule has 38 heavy (non-hydrogen) atoms. The number of carbonyl (C=O) groups is 2. The molecule has 0 fully saturated rings. The van der Waals surface area contributed by atoms with Crippen molar-refractivity contribution in [1.82, 2.24) is 4.57 Å². The van der Waals surface area contributed by atoms with E-state index in [0.29, 0.717) is 42.1 Å². The fourth-order valence-corrected chi connectivity index (χ4v) is 4.80. The predicted molar refractivity (Wildman–Crippen MR) is 147 cm³/mol. The summed E-state index contributed by atoms with van der Waals surface area (Å²) in [5, 5.41) is 3.45. The van der Waals surface area contributed by atoms with Crippen molar-refractivity contribution in [2.24, 2.45) is 5.73 Å². The molecule has 0 spiro atoms. The first-order valence-corrected chi connectivity index (χ1v) is 12.9. The lowest BCUT2D eigenvalue weighted by atomic mass is 9.92. The van der Waals surface area contributed by atoms with Crippen LogP contribution in [-0.4, -0.2) is 35.7 Å². The van der Waals surface area contributed by atoms with Crippen molar-refractivity contribution < 1.29 is 19.1 Å². The number of fused-ring (bicyclic) bond motifs is 3. The summed E-state index contributed by atoms with van der Waals surface area (Å²) in [6.07, 6.45) is 3.22. The lowest BCUT2D eigenvalue weighted by Crippen LogP contribution is -2.34. The van der Waals surface area contributed by atoms with Crippen molar-refractivity contribution in [2.75, 3.05) is 12.4 Å². The first kappa shape index (κ1) is 27.6. The number of anilines is 1. The molecule has 2 heterocycles. The van der Waals surface area contributed by atoms with Crippen LogP contribution < -0.4 is 16.6 Å². The van der Waals surface area contributed by atoms with Crippen LogP contribution in [0.1, 0.15) is 54.2 Å². The molecule has 200 valence electrons. The summed E-state index contributed by atoms with van der Waals surface area (Å²) in [5.74, 6) is -0.910. The molecule has 1 aliphatic heterocycles.